The minimum Gasteiger partial charge on any atom is -0.395 e. The lowest BCUT2D eigenvalue weighted by molar-refractivity contribution is -0.137. The quantitative estimate of drug-likeness (QED) is 0.900. The van der Waals surface area contributed by atoms with Crippen molar-refractivity contribution in [2.24, 2.45) is 12.0 Å². The number of halogens is 3. The van der Waals surface area contributed by atoms with Crippen molar-refractivity contribution in [1.29, 1.82) is 0 Å². The van der Waals surface area contributed by atoms with Gasteiger partial charge in [0.15, 0.2) is 0 Å². The number of benzene rings is 1. The maximum atomic E-state index is 13.2. The van der Waals surface area contributed by atoms with Crippen molar-refractivity contribution in [2.75, 3.05) is 6.61 Å². The Labute approximate surface area is 139 Å². The van der Waals surface area contributed by atoms with Crippen molar-refractivity contribution in [1.82, 2.24) is 9.13 Å². The number of alkyl halides is 3. The highest BCUT2D eigenvalue weighted by Gasteiger charge is 2.33. The number of aliphatic hydroxyl groups is 1. The molecule has 0 unspecified atom stereocenters. The first-order valence-electron chi connectivity index (χ1n) is 7.39. The zero-order chi connectivity index (χ0) is 18.4. The molecule has 6 nitrogen and oxygen atoms in total. The van der Waals surface area contributed by atoms with Crippen LogP contribution in [0.3, 0.4) is 0 Å². The van der Waals surface area contributed by atoms with Crippen LogP contribution in [0.1, 0.15) is 16.7 Å². The summed E-state index contributed by atoms with van der Waals surface area (Å²) >= 11 is 0. The summed E-state index contributed by atoms with van der Waals surface area (Å²) in [6.07, 6.45) is -1.94. The number of hydrogen-bond acceptors (Lipinski definition) is 4. The lowest BCUT2D eigenvalue weighted by Crippen LogP contribution is -2.40. The van der Waals surface area contributed by atoms with E-state index in [2.05, 4.69) is 4.99 Å². The second-order valence-corrected chi connectivity index (χ2v) is 5.68. The molecule has 0 saturated carbocycles. The monoisotopic (exact) mass is 353 g/mol. The van der Waals surface area contributed by atoms with Crippen LogP contribution in [-0.4, -0.2) is 27.1 Å². The summed E-state index contributed by atoms with van der Waals surface area (Å²) in [7, 11) is 1.39. The van der Waals surface area contributed by atoms with Gasteiger partial charge in [-0.15, -0.1) is 0 Å². The van der Waals surface area contributed by atoms with Crippen LogP contribution < -0.4 is 11.2 Å². The second-order valence-electron chi connectivity index (χ2n) is 5.68. The van der Waals surface area contributed by atoms with Gasteiger partial charge in [0, 0.05) is 25.0 Å². The second kappa shape index (κ2) is 5.99. The Hall–Kier alpha value is -2.68. The molecule has 1 aromatic heterocycles. The van der Waals surface area contributed by atoms with E-state index in [0.717, 1.165) is 21.3 Å². The highest BCUT2D eigenvalue weighted by atomic mass is 19.4. The highest BCUT2D eigenvalue weighted by molar-refractivity contribution is 5.94. The number of aromatic nitrogens is 2. The fourth-order valence-corrected chi connectivity index (χ4v) is 2.83. The standard InChI is InChI=1S/C16H14F3N3O3/c1-21-8-13(14(24)22(2-3-23)15(21)25)11-5-10(16(17,18)19)4-9-6-20-7-12(9)11/h4-5,7-8,23H,2-3,6H2,1H3. The van der Waals surface area contributed by atoms with Gasteiger partial charge in [-0.3, -0.25) is 14.4 Å². The summed E-state index contributed by atoms with van der Waals surface area (Å²) in [5, 5.41) is 9.05. The van der Waals surface area contributed by atoms with Gasteiger partial charge in [-0.2, -0.15) is 13.2 Å². The molecule has 0 amide bonds. The van der Waals surface area contributed by atoms with Crippen molar-refractivity contribution in [3.05, 3.63) is 55.9 Å². The Morgan fingerprint density at radius 3 is 2.60 bits per heavy atom. The third-order valence-corrected chi connectivity index (χ3v) is 4.02. The van der Waals surface area contributed by atoms with Gasteiger partial charge < -0.3 is 9.67 Å². The molecule has 1 aliphatic rings. The fraction of sp³-hybridized carbons (Fsp3) is 0.312. The van der Waals surface area contributed by atoms with E-state index in [1.165, 1.54) is 19.5 Å². The van der Waals surface area contributed by atoms with Crippen molar-refractivity contribution in [3.8, 4) is 11.1 Å². The lowest BCUT2D eigenvalue weighted by Gasteiger charge is -2.15. The lowest BCUT2D eigenvalue weighted by atomic mass is 9.95. The number of fused-ring (bicyclic) bond motifs is 1. The number of hydrogen-bond donors (Lipinski definition) is 1. The van der Waals surface area contributed by atoms with E-state index < -0.39 is 29.6 Å². The average molecular weight is 353 g/mol. The van der Waals surface area contributed by atoms with Gasteiger partial charge in [0.25, 0.3) is 5.56 Å². The van der Waals surface area contributed by atoms with Crippen LogP contribution in [0.4, 0.5) is 13.2 Å². The molecule has 25 heavy (non-hydrogen) atoms. The Morgan fingerprint density at radius 2 is 1.96 bits per heavy atom. The van der Waals surface area contributed by atoms with Crippen molar-refractivity contribution < 1.29 is 18.3 Å². The average Bonchev–Trinajstić information content (AvgIpc) is 3.02. The molecule has 0 bridgehead atoms. The Balaban J connectivity index is 2.34. The Morgan fingerprint density at radius 1 is 1.24 bits per heavy atom. The first-order chi connectivity index (χ1) is 11.7. The molecule has 0 aliphatic carbocycles. The summed E-state index contributed by atoms with van der Waals surface area (Å²) < 4.78 is 41.5. The highest BCUT2D eigenvalue weighted by Crippen LogP contribution is 2.36. The van der Waals surface area contributed by atoms with Crippen molar-refractivity contribution >= 4 is 6.21 Å². The SMILES string of the molecule is Cn1cc(-c2cc(C(F)(F)F)cc3c2C=NC3)c(=O)n(CCO)c1=O. The molecule has 2 aromatic rings. The van der Waals surface area contributed by atoms with E-state index in [1.54, 1.807) is 0 Å². The number of aliphatic hydroxyl groups excluding tert-OH is 1. The smallest absolute Gasteiger partial charge is 0.395 e. The summed E-state index contributed by atoms with van der Waals surface area (Å²) in [5.41, 5.74) is -1.47. The van der Waals surface area contributed by atoms with Gasteiger partial charge in [0.2, 0.25) is 0 Å². The molecular weight excluding hydrogens is 339 g/mol. The molecule has 0 spiro atoms. The predicted molar refractivity (Wildman–Crippen MR) is 84.8 cm³/mol. The molecule has 132 valence electrons. The van der Waals surface area contributed by atoms with Gasteiger partial charge in [-0.1, -0.05) is 0 Å². The number of rotatable bonds is 3. The number of nitrogens with zero attached hydrogens (tertiary/aromatic N) is 3. The van der Waals surface area contributed by atoms with E-state index in [-0.39, 0.29) is 24.2 Å². The maximum Gasteiger partial charge on any atom is 0.416 e. The molecule has 3 rings (SSSR count). The Kier molecular flexibility index (Phi) is 4.11. The van der Waals surface area contributed by atoms with Gasteiger partial charge in [-0.25, -0.2) is 4.79 Å². The van der Waals surface area contributed by atoms with E-state index in [4.69, 9.17) is 5.11 Å². The van der Waals surface area contributed by atoms with E-state index in [0.29, 0.717) is 11.1 Å². The van der Waals surface area contributed by atoms with E-state index >= 15 is 0 Å². The predicted octanol–water partition coefficient (Wildman–Crippen LogP) is 1.16. The van der Waals surface area contributed by atoms with Gasteiger partial charge in [0.1, 0.15) is 0 Å². The van der Waals surface area contributed by atoms with Crippen LogP contribution >= 0.6 is 0 Å². The maximum absolute atomic E-state index is 13.2. The van der Waals surface area contributed by atoms with Gasteiger partial charge in [0.05, 0.1) is 30.8 Å². The van der Waals surface area contributed by atoms with Crippen molar-refractivity contribution in [2.45, 2.75) is 19.3 Å². The molecule has 9 heteroatoms. The van der Waals surface area contributed by atoms with Crippen LogP contribution in [0.25, 0.3) is 11.1 Å². The zero-order valence-corrected chi connectivity index (χ0v) is 13.2. The minimum absolute atomic E-state index is 0.0498. The number of aliphatic imine (C=N–C) groups is 1. The molecule has 1 aliphatic heterocycles. The molecule has 1 aromatic carbocycles. The molecule has 0 radical (unpaired) electrons. The van der Waals surface area contributed by atoms with Gasteiger partial charge in [-0.05, 0) is 23.3 Å². The normalized spacial score (nSPS) is 13.3. The molecule has 0 fully saturated rings. The third kappa shape index (κ3) is 2.91. The van der Waals surface area contributed by atoms with Crippen LogP contribution in [-0.2, 0) is 26.3 Å². The molecular formula is C16H14F3N3O3. The van der Waals surface area contributed by atoms with Crippen LogP contribution in [0.2, 0.25) is 0 Å². The Bertz CT molecular complexity index is 987. The summed E-state index contributed by atoms with van der Waals surface area (Å²) in [6, 6.07) is 1.90. The topological polar surface area (TPSA) is 76.6 Å². The van der Waals surface area contributed by atoms with E-state index in [9.17, 15) is 22.8 Å². The minimum atomic E-state index is -4.57. The fourth-order valence-electron chi connectivity index (χ4n) is 2.83. The van der Waals surface area contributed by atoms with E-state index in [1.807, 2.05) is 0 Å². The largest absolute Gasteiger partial charge is 0.416 e. The molecule has 2 heterocycles. The van der Waals surface area contributed by atoms with Crippen LogP contribution in [0.15, 0.2) is 32.9 Å². The summed E-state index contributed by atoms with van der Waals surface area (Å²) in [6.45, 7) is -0.585. The first kappa shape index (κ1) is 17.2. The van der Waals surface area contributed by atoms with Crippen molar-refractivity contribution in [3.63, 3.8) is 0 Å². The van der Waals surface area contributed by atoms with Gasteiger partial charge >= 0.3 is 11.9 Å². The third-order valence-electron chi connectivity index (χ3n) is 4.02. The summed E-state index contributed by atoms with van der Waals surface area (Å²) in [4.78, 5) is 28.6. The molecule has 0 atom stereocenters. The zero-order valence-electron chi connectivity index (χ0n) is 13.2. The molecule has 1 N–H and O–H groups in total. The first-order valence-corrected chi connectivity index (χ1v) is 7.39. The molecule has 0 saturated heterocycles. The van der Waals surface area contributed by atoms with Crippen LogP contribution in [0, 0.1) is 0 Å². The van der Waals surface area contributed by atoms with Crippen LogP contribution in [0.5, 0.6) is 0 Å². The summed E-state index contributed by atoms with van der Waals surface area (Å²) in [5.74, 6) is 0. The number of aryl methyl sites for hydroxylation is 1.